The standard InChI is InChI=1S/C24H27BrF2N2O2/c1-12(24(30)31-4)11-29-13(2)9-17-16-10-15(26)5-8-20(16)28-22(17)23(29)21-14(3)18(25)6-7-19(21)27/h5,7-8,10,12-13,18,23,28H,6,9,11H2,1-4H3/t12?,13-,18?,23-/m1/s1. The number of esters is 1. The van der Waals surface area contributed by atoms with Crippen LogP contribution in [0.3, 0.4) is 0 Å². The largest absolute Gasteiger partial charge is 0.469 e. The molecule has 2 unspecified atom stereocenters. The van der Waals surface area contributed by atoms with Crippen LogP contribution in [0.2, 0.25) is 0 Å². The van der Waals surface area contributed by atoms with Gasteiger partial charge < -0.3 is 9.72 Å². The van der Waals surface area contributed by atoms with Crippen LogP contribution in [0.15, 0.2) is 41.2 Å². The molecule has 31 heavy (non-hydrogen) atoms. The Labute approximate surface area is 189 Å². The van der Waals surface area contributed by atoms with Gasteiger partial charge in [0.15, 0.2) is 0 Å². The Balaban J connectivity index is 1.91. The Morgan fingerprint density at radius 1 is 1.39 bits per heavy atom. The van der Waals surface area contributed by atoms with Gasteiger partial charge in [-0.1, -0.05) is 28.4 Å². The fourth-order valence-electron chi connectivity index (χ4n) is 4.91. The molecule has 4 rings (SSSR count). The van der Waals surface area contributed by atoms with E-state index in [-0.39, 0.29) is 34.4 Å². The van der Waals surface area contributed by atoms with Crippen molar-refractivity contribution in [2.75, 3.05) is 13.7 Å². The Morgan fingerprint density at radius 2 is 2.13 bits per heavy atom. The summed E-state index contributed by atoms with van der Waals surface area (Å²) in [5.41, 5.74) is 4.27. The van der Waals surface area contributed by atoms with Crippen molar-refractivity contribution >= 4 is 32.8 Å². The minimum absolute atomic E-state index is 0.0238. The highest BCUT2D eigenvalue weighted by molar-refractivity contribution is 9.09. The van der Waals surface area contributed by atoms with Gasteiger partial charge in [-0.25, -0.2) is 8.78 Å². The predicted molar refractivity (Wildman–Crippen MR) is 121 cm³/mol. The van der Waals surface area contributed by atoms with Crippen LogP contribution in [0.1, 0.15) is 44.5 Å². The van der Waals surface area contributed by atoms with E-state index in [2.05, 4.69) is 32.7 Å². The molecule has 0 saturated carbocycles. The number of nitrogens with one attached hydrogen (secondary N) is 1. The molecular formula is C24H27BrF2N2O2. The van der Waals surface area contributed by atoms with E-state index < -0.39 is 6.04 Å². The lowest BCUT2D eigenvalue weighted by Crippen LogP contribution is -2.46. The van der Waals surface area contributed by atoms with Gasteiger partial charge in [0, 0.05) is 39.6 Å². The monoisotopic (exact) mass is 492 g/mol. The summed E-state index contributed by atoms with van der Waals surface area (Å²) in [6, 6.07) is 4.32. The molecular weight excluding hydrogens is 466 g/mol. The van der Waals surface area contributed by atoms with E-state index in [1.807, 2.05) is 13.8 Å². The number of carbonyl (C=O) groups excluding carboxylic acids is 1. The maximum Gasteiger partial charge on any atom is 0.309 e. The quantitative estimate of drug-likeness (QED) is 0.437. The number of alkyl halides is 1. The predicted octanol–water partition coefficient (Wildman–Crippen LogP) is 5.74. The molecule has 2 aromatic rings. The van der Waals surface area contributed by atoms with Crippen molar-refractivity contribution in [1.29, 1.82) is 0 Å². The fraction of sp³-hybridized carbons (Fsp3) is 0.458. The van der Waals surface area contributed by atoms with E-state index >= 15 is 4.39 Å². The number of hydrogen-bond donors (Lipinski definition) is 1. The number of halogens is 3. The molecule has 0 bridgehead atoms. The summed E-state index contributed by atoms with van der Waals surface area (Å²) in [5, 5.41) is 0.835. The molecule has 0 spiro atoms. The SMILES string of the molecule is COC(=O)C(C)CN1[C@H](C)Cc2c([nH]c3ccc(F)cc23)[C@H]1C1=C(C)C(Br)CC=C1F. The molecule has 0 radical (unpaired) electrons. The lowest BCUT2D eigenvalue weighted by molar-refractivity contribution is -0.145. The van der Waals surface area contributed by atoms with Crippen LogP contribution >= 0.6 is 15.9 Å². The zero-order valence-corrected chi connectivity index (χ0v) is 19.7. The number of allylic oxidation sites excluding steroid dienone is 2. The Morgan fingerprint density at radius 3 is 2.84 bits per heavy atom. The van der Waals surface area contributed by atoms with Crippen molar-refractivity contribution in [3.63, 3.8) is 0 Å². The minimum atomic E-state index is -0.405. The number of aromatic nitrogens is 1. The van der Waals surface area contributed by atoms with E-state index in [1.54, 1.807) is 18.2 Å². The number of fused-ring (bicyclic) bond motifs is 3. The summed E-state index contributed by atoms with van der Waals surface area (Å²) in [6.45, 7) is 6.28. The number of methoxy groups -OCH3 is 1. The number of nitrogens with zero attached hydrogens (tertiary/aromatic N) is 1. The first-order chi connectivity index (χ1) is 14.7. The van der Waals surface area contributed by atoms with Gasteiger partial charge in [-0.3, -0.25) is 9.69 Å². The van der Waals surface area contributed by atoms with Crippen molar-refractivity contribution < 1.29 is 18.3 Å². The van der Waals surface area contributed by atoms with E-state index in [0.717, 1.165) is 27.7 Å². The summed E-state index contributed by atoms with van der Waals surface area (Å²) < 4.78 is 34.3. The first kappa shape index (κ1) is 22.2. The Hall–Kier alpha value is -1.99. The summed E-state index contributed by atoms with van der Waals surface area (Å²) in [6.07, 6.45) is 2.89. The number of benzene rings is 1. The minimum Gasteiger partial charge on any atom is -0.469 e. The first-order valence-electron chi connectivity index (χ1n) is 10.6. The second-order valence-corrected chi connectivity index (χ2v) is 9.74. The highest BCUT2D eigenvalue weighted by Crippen LogP contribution is 2.47. The second-order valence-electron chi connectivity index (χ2n) is 8.64. The van der Waals surface area contributed by atoms with Gasteiger partial charge in [-0.15, -0.1) is 0 Å². The van der Waals surface area contributed by atoms with Crippen LogP contribution in [-0.2, 0) is 16.0 Å². The van der Waals surface area contributed by atoms with E-state index in [4.69, 9.17) is 4.74 Å². The number of aromatic amines is 1. The average molecular weight is 493 g/mol. The topological polar surface area (TPSA) is 45.3 Å². The summed E-state index contributed by atoms with van der Waals surface area (Å²) in [7, 11) is 1.38. The van der Waals surface area contributed by atoms with Crippen molar-refractivity contribution in [3.05, 3.63) is 58.3 Å². The molecule has 1 aromatic heterocycles. The maximum absolute atomic E-state index is 15.3. The number of H-pyrrole nitrogens is 1. The molecule has 1 N–H and O–H groups in total. The Bertz CT molecular complexity index is 1090. The van der Waals surface area contributed by atoms with Crippen molar-refractivity contribution in [1.82, 2.24) is 9.88 Å². The van der Waals surface area contributed by atoms with Crippen molar-refractivity contribution in [2.45, 2.75) is 50.5 Å². The summed E-state index contributed by atoms with van der Waals surface area (Å²) >= 11 is 3.67. The van der Waals surface area contributed by atoms with E-state index in [0.29, 0.717) is 25.0 Å². The number of carbonyl (C=O) groups is 1. The van der Waals surface area contributed by atoms with E-state index in [1.165, 1.54) is 13.2 Å². The Kier molecular flexibility index (Phi) is 6.10. The molecule has 7 heteroatoms. The van der Waals surface area contributed by atoms with Gasteiger partial charge in [0.2, 0.25) is 0 Å². The number of hydrogen-bond acceptors (Lipinski definition) is 3. The molecule has 4 nitrogen and oxygen atoms in total. The van der Waals surface area contributed by atoms with Gasteiger partial charge in [-0.05, 0) is 56.5 Å². The second kappa shape index (κ2) is 8.51. The molecule has 2 heterocycles. The van der Waals surface area contributed by atoms with Crippen molar-refractivity contribution in [3.8, 4) is 0 Å². The molecule has 1 aliphatic heterocycles. The van der Waals surface area contributed by atoms with Crippen LogP contribution < -0.4 is 0 Å². The highest BCUT2D eigenvalue weighted by atomic mass is 79.9. The maximum atomic E-state index is 15.3. The fourth-order valence-corrected chi connectivity index (χ4v) is 5.35. The van der Waals surface area contributed by atoms with Gasteiger partial charge in [0.05, 0.1) is 19.1 Å². The third-order valence-electron chi connectivity index (χ3n) is 6.59. The van der Waals surface area contributed by atoms with Crippen LogP contribution in [0.4, 0.5) is 8.78 Å². The van der Waals surface area contributed by atoms with Gasteiger partial charge in [0.25, 0.3) is 0 Å². The molecule has 0 amide bonds. The summed E-state index contributed by atoms with van der Waals surface area (Å²) in [4.78, 5) is 17.8. The normalized spacial score (nSPS) is 25.4. The number of ether oxygens (including phenoxy) is 1. The first-order valence-corrected chi connectivity index (χ1v) is 11.5. The molecule has 1 aliphatic carbocycles. The molecule has 2 aliphatic rings. The van der Waals surface area contributed by atoms with Crippen LogP contribution in [0.25, 0.3) is 10.9 Å². The van der Waals surface area contributed by atoms with Crippen LogP contribution in [0, 0.1) is 11.7 Å². The van der Waals surface area contributed by atoms with Crippen LogP contribution in [0.5, 0.6) is 0 Å². The third kappa shape index (κ3) is 3.87. The van der Waals surface area contributed by atoms with Gasteiger partial charge in [-0.2, -0.15) is 0 Å². The molecule has 0 fully saturated rings. The molecule has 4 atom stereocenters. The van der Waals surface area contributed by atoms with Crippen LogP contribution in [-0.4, -0.2) is 40.4 Å². The molecule has 166 valence electrons. The zero-order chi connectivity index (χ0) is 22.4. The van der Waals surface area contributed by atoms with E-state index in [9.17, 15) is 9.18 Å². The smallest absolute Gasteiger partial charge is 0.309 e. The molecule has 1 aromatic carbocycles. The lowest BCUT2D eigenvalue weighted by Gasteiger charge is -2.43. The van der Waals surface area contributed by atoms with Crippen molar-refractivity contribution in [2.24, 2.45) is 5.92 Å². The number of rotatable bonds is 4. The van der Waals surface area contributed by atoms with Gasteiger partial charge in [0.1, 0.15) is 11.6 Å². The zero-order valence-electron chi connectivity index (χ0n) is 18.1. The summed E-state index contributed by atoms with van der Waals surface area (Å²) in [5.74, 6) is -1.19. The average Bonchev–Trinajstić information content (AvgIpc) is 3.09. The third-order valence-corrected chi connectivity index (χ3v) is 7.65. The van der Waals surface area contributed by atoms with Gasteiger partial charge >= 0.3 is 5.97 Å². The lowest BCUT2D eigenvalue weighted by atomic mass is 9.83. The molecule has 0 saturated heterocycles. The highest BCUT2D eigenvalue weighted by Gasteiger charge is 2.41.